The van der Waals surface area contributed by atoms with Crippen LogP contribution in [-0.4, -0.2) is 61.4 Å². The van der Waals surface area contributed by atoms with E-state index in [4.69, 9.17) is 14.2 Å². The number of nitrogens with zero attached hydrogens (tertiary/aromatic N) is 4. The zero-order valence-corrected chi connectivity index (χ0v) is 27.1. The van der Waals surface area contributed by atoms with E-state index in [9.17, 15) is 4.79 Å². The number of nitrogens with one attached hydrogen (secondary N) is 1. The Labute approximate surface area is 270 Å². The minimum Gasteiger partial charge on any atom is -0.497 e. The van der Waals surface area contributed by atoms with Crippen LogP contribution in [0, 0.1) is 32.5 Å². The summed E-state index contributed by atoms with van der Waals surface area (Å²) >= 11 is 0. The fourth-order valence-corrected chi connectivity index (χ4v) is 5.95. The van der Waals surface area contributed by atoms with Gasteiger partial charge in [0, 0.05) is 30.4 Å². The van der Waals surface area contributed by atoms with Crippen molar-refractivity contribution in [2.75, 3.05) is 50.6 Å². The molecule has 10 heteroatoms. The number of aromatic nitrogens is 2. The second-order valence-corrected chi connectivity index (χ2v) is 12.0. The Bertz CT molecular complexity index is 1600. The molecule has 46 heavy (non-hydrogen) atoms. The van der Waals surface area contributed by atoms with Gasteiger partial charge in [-0.3, -0.25) is 4.90 Å². The molecule has 1 N–H and O–H groups in total. The second-order valence-electron chi connectivity index (χ2n) is 12.0. The highest BCUT2D eigenvalue weighted by atomic mass is 19.1. The number of hydrogen-bond acceptors (Lipinski definition) is 8. The first-order valence-corrected chi connectivity index (χ1v) is 15.5. The molecule has 0 bridgehead atoms. The topological polar surface area (TPSA) is 89.0 Å². The summed E-state index contributed by atoms with van der Waals surface area (Å²) in [5.41, 5.74) is 4.16. The van der Waals surface area contributed by atoms with Crippen molar-refractivity contribution < 1.29 is 23.4 Å². The molecule has 0 aliphatic carbocycles. The van der Waals surface area contributed by atoms with Crippen LogP contribution < -0.4 is 24.4 Å². The molecule has 242 valence electrons. The van der Waals surface area contributed by atoms with Crippen LogP contribution in [0.3, 0.4) is 0 Å². The van der Waals surface area contributed by atoms with Crippen LogP contribution in [0.5, 0.6) is 17.2 Å². The lowest BCUT2D eigenvalue weighted by Crippen LogP contribution is -2.39. The Morgan fingerprint density at radius 2 is 1.85 bits per heavy atom. The molecule has 5 rings (SSSR count). The number of carbonyl (C=O) groups is 1. The van der Waals surface area contributed by atoms with Crippen LogP contribution in [0.4, 0.5) is 20.7 Å². The Hall–Kier alpha value is -4.70. The fraction of sp³-hybridized carbons (Fsp3) is 0.361. The molecule has 3 aromatic carbocycles. The smallest absolute Gasteiger partial charge is 0.421 e. The van der Waals surface area contributed by atoms with E-state index in [-0.39, 0.29) is 12.3 Å². The van der Waals surface area contributed by atoms with Crippen molar-refractivity contribution in [2.24, 2.45) is 5.92 Å². The van der Waals surface area contributed by atoms with Gasteiger partial charge in [-0.05, 0) is 94.2 Å². The van der Waals surface area contributed by atoms with E-state index in [1.807, 2.05) is 57.2 Å². The van der Waals surface area contributed by atoms with Crippen molar-refractivity contribution in [3.63, 3.8) is 0 Å². The van der Waals surface area contributed by atoms with Crippen molar-refractivity contribution in [2.45, 2.75) is 39.7 Å². The number of anilines is 2. The molecule has 9 nitrogen and oxygen atoms in total. The summed E-state index contributed by atoms with van der Waals surface area (Å²) in [4.78, 5) is 26.0. The van der Waals surface area contributed by atoms with Gasteiger partial charge in [0.1, 0.15) is 23.6 Å². The molecule has 1 fully saturated rings. The Morgan fingerprint density at radius 1 is 1.09 bits per heavy atom. The van der Waals surface area contributed by atoms with Crippen LogP contribution in [0.15, 0.2) is 73.2 Å². The van der Waals surface area contributed by atoms with Gasteiger partial charge in [0.2, 0.25) is 0 Å². The molecule has 0 spiro atoms. The third-order valence-electron chi connectivity index (χ3n) is 8.21. The van der Waals surface area contributed by atoms with Gasteiger partial charge in [-0.15, -0.1) is 0 Å². The van der Waals surface area contributed by atoms with Gasteiger partial charge in [0.05, 0.1) is 26.3 Å². The predicted molar refractivity (Wildman–Crippen MR) is 178 cm³/mol. The zero-order chi connectivity index (χ0) is 32.6. The van der Waals surface area contributed by atoms with Gasteiger partial charge in [-0.25, -0.2) is 19.2 Å². The van der Waals surface area contributed by atoms with Crippen LogP contribution >= 0.6 is 0 Å². The summed E-state index contributed by atoms with van der Waals surface area (Å²) in [5, 5.41) is 3.43. The predicted octanol–water partition coefficient (Wildman–Crippen LogP) is 7.13. The van der Waals surface area contributed by atoms with Crippen molar-refractivity contribution in [3.05, 3.63) is 101 Å². The van der Waals surface area contributed by atoms with E-state index in [2.05, 4.69) is 27.2 Å². The minimum absolute atomic E-state index is 0.112. The van der Waals surface area contributed by atoms with E-state index >= 15 is 4.39 Å². The summed E-state index contributed by atoms with van der Waals surface area (Å²) in [6, 6.07) is 17.5. The number of benzene rings is 3. The van der Waals surface area contributed by atoms with E-state index in [0.717, 1.165) is 48.2 Å². The quantitative estimate of drug-likeness (QED) is 0.188. The number of ether oxygens (including phenoxy) is 3. The molecule has 2 atom stereocenters. The third kappa shape index (κ3) is 8.31. The highest BCUT2D eigenvalue weighted by Crippen LogP contribution is 2.30. The molecule has 4 aromatic rings. The first-order valence-electron chi connectivity index (χ1n) is 15.5. The molecular weight excluding hydrogens is 585 g/mol. The Balaban J connectivity index is 1.40. The molecule has 0 saturated carbocycles. The minimum atomic E-state index is -0.600. The van der Waals surface area contributed by atoms with Crippen molar-refractivity contribution >= 4 is 17.6 Å². The summed E-state index contributed by atoms with van der Waals surface area (Å²) in [5.74, 6) is 1.69. The second kappa shape index (κ2) is 15.1. The van der Waals surface area contributed by atoms with Crippen LogP contribution in [0.25, 0.3) is 0 Å². The van der Waals surface area contributed by atoms with Gasteiger partial charge < -0.3 is 24.4 Å². The summed E-state index contributed by atoms with van der Waals surface area (Å²) in [6.07, 6.45) is 4.54. The number of halogens is 1. The first kappa shape index (κ1) is 32.7. The fourth-order valence-electron chi connectivity index (χ4n) is 5.95. The zero-order valence-electron chi connectivity index (χ0n) is 27.1. The number of hydrogen-bond donors (Lipinski definition) is 1. The van der Waals surface area contributed by atoms with E-state index in [0.29, 0.717) is 35.5 Å². The van der Waals surface area contributed by atoms with Crippen LogP contribution in [0.1, 0.15) is 41.1 Å². The van der Waals surface area contributed by atoms with Gasteiger partial charge in [0.15, 0.2) is 11.6 Å². The van der Waals surface area contributed by atoms with Gasteiger partial charge in [-0.1, -0.05) is 29.8 Å². The average Bonchev–Trinajstić information content (AvgIpc) is 3.04. The standard InChI is InChI=1S/C36H42FN5O4/c1-24-17-25(2)35(26(3)18-24)46-36(43)42(34-14-15-38-23-39-34)21-32(28-8-11-30(44-5)12-9-28)40-29-10-13-33(31(37)19-29)45-22-27-7-6-16-41(4)20-27/h8-15,17-19,23,27,32,40H,6-7,16,20-22H2,1-5H3. The van der Waals surface area contributed by atoms with Crippen LogP contribution in [-0.2, 0) is 0 Å². The monoisotopic (exact) mass is 627 g/mol. The maximum atomic E-state index is 15.3. The molecule has 1 amide bonds. The number of amides is 1. The first-order chi connectivity index (χ1) is 22.2. The molecule has 2 unspecified atom stereocenters. The van der Waals surface area contributed by atoms with Gasteiger partial charge >= 0.3 is 6.09 Å². The Morgan fingerprint density at radius 3 is 2.50 bits per heavy atom. The number of rotatable bonds is 11. The van der Waals surface area contributed by atoms with Gasteiger partial charge in [-0.2, -0.15) is 0 Å². The molecule has 2 heterocycles. The number of aryl methyl sites for hydroxylation is 3. The van der Waals surface area contributed by atoms with Gasteiger partial charge in [0.25, 0.3) is 0 Å². The SMILES string of the molecule is COc1ccc(C(CN(C(=O)Oc2c(C)cc(C)cc2C)c2ccncn2)Nc2ccc(OCC3CCCN(C)C3)c(F)c2)cc1. The Kier molecular flexibility index (Phi) is 10.7. The lowest BCUT2D eigenvalue weighted by atomic mass is 10.00. The number of carbonyl (C=O) groups excluding carboxylic acids is 1. The summed E-state index contributed by atoms with van der Waals surface area (Å²) in [7, 11) is 3.70. The number of methoxy groups -OCH3 is 1. The van der Waals surface area contributed by atoms with E-state index in [1.165, 1.54) is 17.3 Å². The van der Waals surface area contributed by atoms with Crippen molar-refractivity contribution in [3.8, 4) is 17.2 Å². The third-order valence-corrected chi connectivity index (χ3v) is 8.21. The lowest BCUT2D eigenvalue weighted by Gasteiger charge is -2.29. The number of piperidine rings is 1. The highest BCUT2D eigenvalue weighted by molar-refractivity contribution is 5.88. The molecule has 1 saturated heterocycles. The molecule has 1 aromatic heterocycles. The van der Waals surface area contributed by atoms with E-state index < -0.39 is 18.0 Å². The molecular formula is C36H42FN5O4. The lowest BCUT2D eigenvalue weighted by molar-refractivity contribution is 0.147. The van der Waals surface area contributed by atoms with Crippen LogP contribution in [0.2, 0.25) is 0 Å². The maximum Gasteiger partial charge on any atom is 0.421 e. The number of likely N-dealkylation sites (tertiary alicyclic amines) is 1. The maximum absolute atomic E-state index is 15.3. The molecule has 1 aliphatic heterocycles. The highest BCUT2D eigenvalue weighted by Gasteiger charge is 2.26. The summed E-state index contributed by atoms with van der Waals surface area (Å²) < 4.78 is 32.6. The largest absolute Gasteiger partial charge is 0.497 e. The normalized spacial score (nSPS) is 15.6. The molecule has 0 radical (unpaired) electrons. The van der Waals surface area contributed by atoms with Crippen molar-refractivity contribution in [1.82, 2.24) is 14.9 Å². The molecule has 1 aliphatic rings. The van der Waals surface area contributed by atoms with E-state index in [1.54, 1.807) is 31.5 Å². The van der Waals surface area contributed by atoms with Crippen molar-refractivity contribution in [1.29, 1.82) is 0 Å². The average molecular weight is 628 g/mol. The summed E-state index contributed by atoms with van der Waals surface area (Å²) in [6.45, 7) is 8.43.